The van der Waals surface area contributed by atoms with Crippen molar-refractivity contribution in [1.29, 1.82) is 0 Å². The lowest BCUT2D eigenvalue weighted by molar-refractivity contribution is -0.140. The van der Waals surface area contributed by atoms with Crippen molar-refractivity contribution in [2.45, 2.75) is 13.0 Å². The number of rotatable bonds is 5. The third-order valence-corrected chi connectivity index (χ3v) is 4.17. The molecule has 1 atom stereocenters. The molecular weight excluding hydrogens is 338 g/mol. The van der Waals surface area contributed by atoms with Gasteiger partial charge >= 0.3 is 5.97 Å². The van der Waals surface area contributed by atoms with Gasteiger partial charge in [0.15, 0.2) is 5.11 Å². The number of ether oxygens (including phenoxy) is 2. The molecule has 0 aliphatic carbocycles. The van der Waals surface area contributed by atoms with Crippen LogP contribution < -0.4 is 5.32 Å². The van der Waals surface area contributed by atoms with Gasteiger partial charge in [0.25, 0.3) is 0 Å². The van der Waals surface area contributed by atoms with E-state index in [1.807, 2.05) is 0 Å². The summed E-state index contributed by atoms with van der Waals surface area (Å²) in [5.41, 5.74) is 0.297. The Bertz CT molecular complexity index is 674. The number of nitrogens with zero attached hydrogens (tertiary/aromatic N) is 1. The molecule has 1 N–H and O–H groups in total. The van der Waals surface area contributed by atoms with Crippen molar-refractivity contribution in [3.63, 3.8) is 0 Å². The van der Waals surface area contributed by atoms with Crippen molar-refractivity contribution in [3.05, 3.63) is 46.7 Å². The minimum atomic E-state index is -1.06. The average molecular weight is 356 g/mol. The molecule has 1 aliphatic rings. The molecule has 24 heavy (non-hydrogen) atoms. The van der Waals surface area contributed by atoms with Crippen LogP contribution in [0.2, 0.25) is 0 Å². The summed E-state index contributed by atoms with van der Waals surface area (Å²) in [6.45, 7) is 1.90. The molecule has 0 amide bonds. The molecule has 0 bridgehead atoms. The van der Waals surface area contributed by atoms with Gasteiger partial charge in [0.1, 0.15) is 18.2 Å². The predicted octanol–water partition coefficient (Wildman–Crippen LogP) is 2.29. The van der Waals surface area contributed by atoms with Crippen LogP contribution in [0.1, 0.15) is 18.5 Å². The molecule has 0 fully saturated rings. The van der Waals surface area contributed by atoms with Gasteiger partial charge in [-0.1, -0.05) is 6.07 Å². The Morgan fingerprint density at radius 3 is 2.54 bits per heavy atom. The zero-order valence-electron chi connectivity index (χ0n) is 13.6. The van der Waals surface area contributed by atoms with E-state index in [0.29, 0.717) is 5.70 Å². The summed E-state index contributed by atoms with van der Waals surface area (Å²) in [4.78, 5) is 14.0. The summed E-state index contributed by atoms with van der Waals surface area (Å²) in [5, 5.41) is 3.06. The Morgan fingerprint density at radius 2 is 1.96 bits per heavy atom. The van der Waals surface area contributed by atoms with Crippen molar-refractivity contribution in [3.8, 4) is 0 Å². The third-order valence-electron chi connectivity index (χ3n) is 3.78. The first-order valence-corrected chi connectivity index (χ1v) is 7.64. The fourth-order valence-electron chi connectivity index (χ4n) is 2.40. The monoisotopic (exact) mass is 356 g/mol. The van der Waals surface area contributed by atoms with Gasteiger partial charge in [-0.15, -0.1) is 0 Å². The van der Waals surface area contributed by atoms with Crippen LogP contribution in [0.25, 0.3) is 0 Å². The molecule has 0 unspecified atom stereocenters. The molecule has 0 spiro atoms. The first-order valence-electron chi connectivity index (χ1n) is 7.23. The van der Waals surface area contributed by atoms with Gasteiger partial charge in [0.2, 0.25) is 0 Å². The van der Waals surface area contributed by atoms with Gasteiger partial charge in [-0.2, -0.15) is 0 Å². The second-order valence-electron chi connectivity index (χ2n) is 5.20. The molecule has 5 nitrogen and oxygen atoms in total. The standard InChI is InChI=1S/C16H18F2N2O3S/c1-9-12(15(21)23-8-7-22-3)14(19-16(24)20(9)2)13-10(17)5-4-6-11(13)18/h4-6,14H,7-8H2,1-3H3,(H,19,24)/t14-/m0/s1. The second-order valence-corrected chi connectivity index (χ2v) is 5.59. The maximum absolute atomic E-state index is 14.2. The molecule has 130 valence electrons. The largest absolute Gasteiger partial charge is 0.460 e. The minimum absolute atomic E-state index is 0.0345. The first kappa shape index (κ1) is 18.3. The van der Waals surface area contributed by atoms with Crippen LogP contribution in [-0.4, -0.2) is 43.4 Å². The normalized spacial score (nSPS) is 17.8. The Hall–Kier alpha value is -2.06. The van der Waals surface area contributed by atoms with Crippen LogP contribution in [0.15, 0.2) is 29.5 Å². The summed E-state index contributed by atoms with van der Waals surface area (Å²) in [6, 6.07) is 2.45. The Balaban J connectivity index is 2.47. The SMILES string of the molecule is COCCOC(=O)C1=C(C)N(C)C(=S)N[C@@H]1c1c(F)cccc1F. The van der Waals surface area contributed by atoms with Crippen LogP contribution in [0.4, 0.5) is 8.78 Å². The topological polar surface area (TPSA) is 50.8 Å². The number of allylic oxidation sites excluding steroid dienone is 1. The lowest BCUT2D eigenvalue weighted by Crippen LogP contribution is -2.46. The highest BCUT2D eigenvalue weighted by molar-refractivity contribution is 7.80. The van der Waals surface area contributed by atoms with Crippen LogP contribution in [0, 0.1) is 11.6 Å². The lowest BCUT2D eigenvalue weighted by atomic mass is 9.94. The Kier molecular flexibility index (Phi) is 5.84. The number of benzene rings is 1. The molecular formula is C16H18F2N2O3S. The molecule has 0 saturated carbocycles. The van der Waals surface area contributed by atoms with Crippen molar-refractivity contribution < 1.29 is 23.0 Å². The number of hydrogen-bond donors (Lipinski definition) is 1. The van der Waals surface area contributed by atoms with Crippen molar-refractivity contribution in [2.75, 3.05) is 27.4 Å². The quantitative estimate of drug-likeness (QED) is 0.496. The second kappa shape index (κ2) is 7.67. The van der Waals surface area contributed by atoms with E-state index in [0.717, 1.165) is 12.1 Å². The van der Waals surface area contributed by atoms with E-state index in [1.165, 1.54) is 13.2 Å². The zero-order chi connectivity index (χ0) is 17.9. The van der Waals surface area contributed by atoms with Crippen LogP contribution >= 0.6 is 12.2 Å². The molecule has 1 aliphatic heterocycles. The molecule has 0 saturated heterocycles. The third kappa shape index (κ3) is 3.54. The first-order chi connectivity index (χ1) is 11.4. The highest BCUT2D eigenvalue weighted by Gasteiger charge is 2.36. The number of methoxy groups -OCH3 is 1. The smallest absolute Gasteiger partial charge is 0.338 e. The van der Waals surface area contributed by atoms with Gasteiger partial charge < -0.3 is 19.7 Å². The zero-order valence-corrected chi connectivity index (χ0v) is 14.4. The fourth-order valence-corrected chi connectivity index (χ4v) is 2.65. The van der Waals surface area contributed by atoms with Gasteiger partial charge in [-0.05, 0) is 31.3 Å². The fraction of sp³-hybridized carbons (Fsp3) is 0.375. The Labute approximate surface area is 144 Å². The summed E-state index contributed by atoms with van der Waals surface area (Å²) < 4.78 is 38.4. The summed E-state index contributed by atoms with van der Waals surface area (Å²) in [7, 11) is 3.13. The van der Waals surface area contributed by atoms with Gasteiger partial charge in [0.05, 0.1) is 23.8 Å². The van der Waals surface area contributed by atoms with E-state index < -0.39 is 23.6 Å². The van der Waals surface area contributed by atoms with E-state index in [2.05, 4.69) is 5.32 Å². The maximum Gasteiger partial charge on any atom is 0.338 e. The van der Waals surface area contributed by atoms with Gasteiger partial charge in [-0.25, -0.2) is 13.6 Å². The molecule has 1 aromatic rings. The number of nitrogens with one attached hydrogen (secondary N) is 1. The van der Waals surface area contributed by atoms with E-state index in [9.17, 15) is 13.6 Å². The van der Waals surface area contributed by atoms with Crippen molar-refractivity contribution in [1.82, 2.24) is 10.2 Å². The number of carbonyl (C=O) groups excluding carboxylic acids is 1. The number of carbonyl (C=O) groups is 1. The number of thiocarbonyl (C=S) groups is 1. The van der Waals surface area contributed by atoms with Crippen LogP contribution in [0.3, 0.4) is 0 Å². The predicted molar refractivity (Wildman–Crippen MR) is 88.1 cm³/mol. The van der Waals surface area contributed by atoms with Crippen molar-refractivity contribution >= 4 is 23.3 Å². The summed E-state index contributed by atoms with van der Waals surface area (Å²) in [6.07, 6.45) is 0. The molecule has 2 rings (SSSR count). The van der Waals surface area contributed by atoms with E-state index in [-0.39, 0.29) is 29.5 Å². The van der Waals surface area contributed by atoms with Gasteiger partial charge in [0, 0.05) is 19.9 Å². The van der Waals surface area contributed by atoms with Crippen LogP contribution in [0.5, 0.6) is 0 Å². The number of halogens is 2. The summed E-state index contributed by atoms with van der Waals surface area (Å²) >= 11 is 5.18. The van der Waals surface area contributed by atoms with E-state index in [1.54, 1.807) is 18.9 Å². The highest BCUT2D eigenvalue weighted by Crippen LogP contribution is 2.33. The average Bonchev–Trinajstić information content (AvgIpc) is 2.52. The molecule has 0 aromatic heterocycles. The minimum Gasteiger partial charge on any atom is -0.460 e. The molecule has 1 heterocycles. The number of esters is 1. The van der Waals surface area contributed by atoms with Crippen molar-refractivity contribution in [2.24, 2.45) is 0 Å². The summed E-state index contributed by atoms with van der Waals surface area (Å²) in [5.74, 6) is -2.22. The lowest BCUT2D eigenvalue weighted by Gasteiger charge is -2.35. The van der Waals surface area contributed by atoms with E-state index in [4.69, 9.17) is 21.7 Å². The van der Waals surface area contributed by atoms with Gasteiger partial charge in [-0.3, -0.25) is 0 Å². The van der Waals surface area contributed by atoms with Crippen LogP contribution in [-0.2, 0) is 14.3 Å². The highest BCUT2D eigenvalue weighted by atomic mass is 32.1. The molecule has 1 aromatic carbocycles. The maximum atomic E-state index is 14.2. The number of hydrogen-bond acceptors (Lipinski definition) is 4. The Morgan fingerprint density at radius 1 is 1.33 bits per heavy atom. The molecule has 8 heteroatoms. The molecule has 0 radical (unpaired) electrons. The van der Waals surface area contributed by atoms with E-state index >= 15 is 0 Å².